The normalized spacial score (nSPS) is 25.9. The van der Waals surface area contributed by atoms with E-state index in [1.54, 1.807) is 6.92 Å². The number of hydrogen-bond donors (Lipinski definition) is 0. The molecule has 0 N–H and O–H groups in total. The van der Waals surface area contributed by atoms with Gasteiger partial charge in [0.1, 0.15) is 6.34 Å². The van der Waals surface area contributed by atoms with Crippen LogP contribution in [0.25, 0.3) is 0 Å². The second-order valence-electron chi connectivity index (χ2n) is 1.64. The van der Waals surface area contributed by atoms with E-state index < -0.39 is 6.42 Å². The lowest BCUT2D eigenvalue weighted by molar-refractivity contribution is -0.0740. The molecule has 9 heavy (non-hydrogen) atoms. The van der Waals surface area contributed by atoms with Crippen LogP contribution in [-0.2, 0) is 0 Å². The average molecular weight is 135 g/mol. The summed E-state index contributed by atoms with van der Waals surface area (Å²) in [5.41, 5.74) is 0. The lowest BCUT2D eigenvalue weighted by Gasteiger charge is -2.15. The monoisotopic (exact) mass is 135 g/mol. The van der Waals surface area contributed by atoms with Crippen LogP contribution in [0.15, 0.2) is 5.10 Å². The first-order valence-corrected chi connectivity index (χ1v) is 2.64. The summed E-state index contributed by atoms with van der Waals surface area (Å²) >= 11 is 0. The zero-order valence-corrected chi connectivity index (χ0v) is 4.96. The smallest absolute Gasteiger partial charge is 0.243 e. The van der Waals surface area contributed by atoms with E-state index in [-0.39, 0.29) is 5.12 Å². The van der Waals surface area contributed by atoms with Gasteiger partial charge in [-0.25, -0.2) is 5.01 Å². The molecule has 1 rings (SSSR count). The first kappa shape index (κ1) is 6.25. The molecule has 0 radical (unpaired) electrons. The molecule has 0 spiro atoms. The Morgan fingerprint density at radius 3 is 2.67 bits per heavy atom. The molecule has 1 atom stereocenters. The number of rotatable bonds is 1. The van der Waals surface area contributed by atoms with Crippen molar-refractivity contribution in [2.75, 3.05) is 6.54 Å². The average Bonchev–Trinajstić information content (AvgIpc) is 2.15. The Kier molecular flexibility index (Phi) is 1.50. The summed E-state index contributed by atoms with van der Waals surface area (Å²) in [6.45, 7) is 2.07. The van der Waals surface area contributed by atoms with Gasteiger partial charge in [0.2, 0.25) is 0 Å². The van der Waals surface area contributed by atoms with E-state index in [1.807, 2.05) is 0 Å². The highest BCUT2D eigenvalue weighted by Crippen LogP contribution is 2.12. The van der Waals surface area contributed by atoms with E-state index in [1.165, 1.54) is 0 Å². The Bertz CT molecular complexity index is 127. The van der Waals surface area contributed by atoms with Crippen molar-refractivity contribution in [1.82, 2.24) is 10.1 Å². The molecule has 1 aliphatic rings. The van der Waals surface area contributed by atoms with E-state index in [0.29, 0.717) is 6.54 Å². The predicted molar refractivity (Wildman–Crippen MR) is 28.7 cm³/mol. The van der Waals surface area contributed by atoms with Gasteiger partial charge < -0.3 is 0 Å². The van der Waals surface area contributed by atoms with Gasteiger partial charge in [0.15, 0.2) is 0 Å². The fourth-order valence-corrected chi connectivity index (χ4v) is 0.585. The van der Waals surface area contributed by atoms with E-state index in [0.717, 1.165) is 11.3 Å². The van der Waals surface area contributed by atoms with Crippen LogP contribution in [-0.4, -0.2) is 29.4 Å². The van der Waals surface area contributed by atoms with Gasteiger partial charge in [-0.1, -0.05) is 4.48 Å². The van der Waals surface area contributed by atoms with Gasteiger partial charge in [-0.2, -0.15) is 9.49 Å². The summed E-state index contributed by atoms with van der Waals surface area (Å²) in [7, 11) is 0. The molecule has 0 bridgehead atoms. The van der Waals surface area contributed by atoms with Crippen LogP contribution in [0.5, 0.6) is 0 Å². The highest BCUT2D eigenvalue weighted by atomic mass is 19.2. The lowest BCUT2D eigenvalue weighted by atomic mass is 10.7. The SMILES string of the molecule is CCN1N=CN(F)C1F. The van der Waals surface area contributed by atoms with Crippen molar-refractivity contribution in [1.29, 1.82) is 0 Å². The second kappa shape index (κ2) is 2.16. The van der Waals surface area contributed by atoms with Crippen molar-refractivity contribution < 1.29 is 8.87 Å². The fourth-order valence-electron chi connectivity index (χ4n) is 0.585. The second-order valence-corrected chi connectivity index (χ2v) is 1.64. The maximum absolute atomic E-state index is 12.3. The Hall–Kier alpha value is -0.870. The van der Waals surface area contributed by atoms with Crippen LogP contribution in [0.2, 0.25) is 0 Å². The largest absolute Gasteiger partial charge is 0.291 e. The number of nitrogens with zero attached hydrogens (tertiary/aromatic N) is 3. The first-order valence-electron chi connectivity index (χ1n) is 2.64. The lowest BCUT2D eigenvalue weighted by Crippen LogP contribution is -2.30. The van der Waals surface area contributed by atoms with Crippen molar-refractivity contribution in [3.8, 4) is 0 Å². The summed E-state index contributed by atoms with van der Waals surface area (Å²) < 4.78 is 24.4. The molecule has 0 saturated heterocycles. The molecular formula is C4H7F2N3. The minimum absolute atomic E-state index is 0.0799. The molecule has 0 aromatic heterocycles. The van der Waals surface area contributed by atoms with E-state index in [2.05, 4.69) is 5.10 Å². The summed E-state index contributed by atoms with van der Waals surface area (Å²) in [5.74, 6) is 0. The number of hydrazone groups is 1. The van der Waals surface area contributed by atoms with Crippen LogP contribution < -0.4 is 0 Å². The molecule has 1 heterocycles. The first-order chi connectivity index (χ1) is 4.25. The van der Waals surface area contributed by atoms with Crippen molar-refractivity contribution in [2.24, 2.45) is 5.10 Å². The summed E-state index contributed by atoms with van der Waals surface area (Å²) in [5, 5.41) is 4.32. The van der Waals surface area contributed by atoms with Crippen LogP contribution in [0.3, 0.4) is 0 Å². The standard InChI is InChI=1S/C4H7F2N3/c1-2-9-4(5)8(6)3-7-9/h3-4H,2H2,1H3. The molecule has 3 nitrogen and oxygen atoms in total. The molecule has 52 valence electrons. The van der Waals surface area contributed by atoms with Crippen LogP contribution in [0.1, 0.15) is 6.92 Å². The van der Waals surface area contributed by atoms with E-state index in [9.17, 15) is 8.87 Å². The van der Waals surface area contributed by atoms with E-state index in [4.69, 9.17) is 0 Å². The van der Waals surface area contributed by atoms with Crippen LogP contribution in [0, 0.1) is 0 Å². The van der Waals surface area contributed by atoms with Gasteiger partial charge in [0.25, 0.3) is 6.42 Å². The third kappa shape index (κ3) is 0.940. The maximum Gasteiger partial charge on any atom is 0.291 e. The molecule has 0 fully saturated rings. The maximum atomic E-state index is 12.3. The number of alkyl halides is 1. The van der Waals surface area contributed by atoms with Crippen molar-refractivity contribution in [3.63, 3.8) is 0 Å². The fraction of sp³-hybridized carbons (Fsp3) is 0.750. The zero-order valence-electron chi connectivity index (χ0n) is 4.96. The summed E-state index contributed by atoms with van der Waals surface area (Å²) in [6, 6.07) is 0. The Morgan fingerprint density at radius 1 is 1.78 bits per heavy atom. The third-order valence-corrected chi connectivity index (χ3v) is 1.08. The third-order valence-electron chi connectivity index (χ3n) is 1.08. The Labute approximate surface area is 51.5 Å². The molecule has 0 saturated carbocycles. The van der Waals surface area contributed by atoms with Gasteiger partial charge in [0.05, 0.1) is 0 Å². The molecule has 5 heteroatoms. The van der Waals surface area contributed by atoms with Gasteiger partial charge in [0, 0.05) is 6.54 Å². The number of halogens is 2. The molecule has 0 aromatic rings. The molecular weight excluding hydrogens is 128 g/mol. The Morgan fingerprint density at radius 2 is 2.44 bits per heavy atom. The topological polar surface area (TPSA) is 18.8 Å². The van der Waals surface area contributed by atoms with Gasteiger partial charge >= 0.3 is 0 Å². The van der Waals surface area contributed by atoms with E-state index >= 15 is 0 Å². The summed E-state index contributed by atoms with van der Waals surface area (Å²) in [4.78, 5) is 0. The number of hydrogen-bond acceptors (Lipinski definition) is 3. The van der Waals surface area contributed by atoms with Crippen molar-refractivity contribution in [3.05, 3.63) is 0 Å². The van der Waals surface area contributed by atoms with Crippen molar-refractivity contribution in [2.45, 2.75) is 13.3 Å². The molecule has 1 aliphatic heterocycles. The Balaban J connectivity index is 2.51. The van der Waals surface area contributed by atoms with Gasteiger partial charge in [-0.15, -0.1) is 5.12 Å². The predicted octanol–water partition coefficient (Wildman–Crippen LogP) is 0.705. The molecule has 0 aliphatic carbocycles. The van der Waals surface area contributed by atoms with Crippen LogP contribution >= 0.6 is 0 Å². The minimum atomic E-state index is -1.73. The summed E-state index contributed by atoms with van der Waals surface area (Å²) in [6.07, 6.45) is -0.913. The molecule has 0 aromatic carbocycles. The molecule has 0 amide bonds. The highest BCUT2D eigenvalue weighted by molar-refractivity contribution is 5.54. The molecule has 1 unspecified atom stereocenters. The van der Waals surface area contributed by atoms with Gasteiger partial charge in [-0.05, 0) is 6.92 Å². The minimum Gasteiger partial charge on any atom is -0.243 e. The zero-order chi connectivity index (χ0) is 6.85. The van der Waals surface area contributed by atoms with Crippen LogP contribution in [0.4, 0.5) is 8.87 Å². The highest BCUT2D eigenvalue weighted by Gasteiger charge is 2.25. The van der Waals surface area contributed by atoms with Gasteiger partial charge in [-0.3, -0.25) is 0 Å². The quantitative estimate of drug-likeness (QED) is 0.389. The van der Waals surface area contributed by atoms with Crippen molar-refractivity contribution >= 4 is 6.34 Å².